The van der Waals surface area contributed by atoms with Gasteiger partial charge in [0.25, 0.3) is 0 Å². The maximum Gasteiger partial charge on any atom is 0.147 e. The van der Waals surface area contributed by atoms with E-state index in [1.54, 1.807) is 0 Å². The monoisotopic (exact) mass is 182 g/mol. The lowest BCUT2D eigenvalue weighted by Gasteiger charge is -1.92. The van der Waals surface area contributed by atoms with Gasteiger partial charge in [-0.15, -0.1) is 0 Å². The molecule has 0 bridgehead atoms. The number of nitrogens with one attached hydrogen (secondary N) is 1. The highest BCUT2D eigenvalue weighted by atomic mass is 19.1. The highest BCUT2D eigenvalue weighted by molar-refractivity contribution is 5.81. The molecule has 68 valence electrons. The van der Waals surface area contributed by atoms with Crippen LogP contribution in [0.5, 0.6) is 0 Å². The van der Waals surface area contributed by atoms with E-state index in [1.165, 1.54) is 6.07 Å². The Balaban J connectivity index is 2.80. The van der Waals surface area contributed by atoms with Crippen molar-refractivity contribution in [2.24, 2.45) is 5.73 Å². The van der Waals surface area contributed by atoms with E-state index in [2.05, 4.69) is 4.98 Å². The molecule has 4 heteroatoms. The number of hydrogen-bond acceptors (Lipinski definition) is 1. The summed E-state index contributed by atoms with van der Waals surface area (Å²) in [5.41, 5.74) is 6.14. The third kappa shape index (κ3) is 1.19. The fourth-order valence-corrected chi connectivity index (χ4v) is 1.32. The van der Waals surface area contributed by atoms with E-state index in [9.17, 15) is 8.78 Å². The predicted molar refractivity (Wildman–Crippen MR) is 46.1 cm³/mol. The third-order valence-electron chi connectivity index (χ3n) is 1.97. The molecule has 1 aromatic carbocycles. The van der Waals surface area contributed by atoms with Crippen molar-refractivity contribution >= 4 is 10.9 Å². The first-order valence-electron chi connectivity index (χ1n) is 3.88. The van der Waals surface area contributed by atoms with Crippen LogP contribution in [0.4, 0.5) is 8.78 Å². The lowest BCUT2D eigenvalue weighted by atomic mass is 10.2. The number of fused-ring (bicyclic) bond motifs is 1. The van der Waals surface area contributed by atoms with Crippen molar-refractivity contribution < 1.29 is 8.78 Å². The Kier molecular flexibility index (Phi) is 1.77. The fraction of sp³-hybridized carbons (Fsp3) is 0.111. The van der Waals surface area contributed by atoms with Crippen LogP contribution >= 0.6 is 0 Å². The molecule has 1 heterocycles. The van der Waals surface area contributed by atoms with Crippen molar-refractivity contribution in [1.82, 2.24) is 4.98 Å². The van der Waals surface area contributed by atoms with E-state index in [0.29, 0.717) is 5.69 Å². The van der Waals surface area contributed by atoms with Crippen LogP contribution in [0.2, 0.25) is 0 Å². The molecule has 2 nitrogen and oxygen atoms in total. The second-order valence-corrected chi connectivity index (χ2v) is 2.82. The largest absolute Gasteiger partial charge is 0.355 e. The highest BCUT2D eigenvalue weighted by Crippen LogP contribution is 2.21. The predicted octanol–water partition coefficient (Wildman–Crippen LogP) is 1.90. The van der Waals surface area contributed by atoms with Crippen molar-refractivity contribution in [2.75, 3.05) is 0 Å². The van der Waals surface area contributed by atoms with Crippen LogP contribution in [0.3, 0.4) is 0 Å². The van der Waals surface area contributed by atoms with Gasteiger partial charge in [-0.25, -0.2) is 8.78 Å². The number of H-pyrrole nitrogens is 1. The summed E-state index contributed by atoms with van der Waals surface area (Å²) in [5, 5.41) is 0.250. The minimum Gasteiger partial charge on any atom is -0.355 e. The Hall–Kier alpha value is -1.42. The molecule has 2 rings (SSSR count). The Bertz CT molecular complexity index is 409. The number of aromatic nitrogens is 1. The van der Waals surface area contributed by atoms with Gasteiger partial charge in [-0.2, -0.15) is 0 Å². The molecule has 0 atom stereocenters. The number of nitrogens with two attached hydrogens (primary N) is 1. The molecule has 0 aliphatic heterocycles. The number of hydrogen-bond donors (Lipinski definition) is 2. The van der Waals surface area contributed by atoms with E-state index < -0.39 is 11.6 Å². The van der Waals surface area contributed by atoms with Gasteiger partial charge in [0.15, 0.2) is 0 Å². The standard InChI is InChI=1S/C9H8F2N2/c10-7-1-2-8(11)9-6(7)3-5(4-12)13-9/h1-3,13H,4,12H2. The normalized spacial score (nSPS) is 11.0. The topological polar surface area (TPSA) is 41.8 Å². The molecular weight excluding hydrogens is 174 g/mol. The van der Waals surface area contributed by atoms with Gasteiger partial charge in [0, 0.05) is 17.6 Å². The molecule has 13 heavy (non-hydrogen) atoms. The van der Waals surface area contributed by atoms with Crippen molar-refractivity contribution in [3.63, 3.8) is 0 Å². The van der Waals surface area contributed by atoms with Crippen LogP contribution in [-0.4, -0.2) is 4.98 Å². The molecular formula is C9H8F2N2. The maximum absolute atomic E-state index is 13.1. The first kappa shape index (κ1) is 8.19. The Morgan fingerprint density at radius 3 is 2.54 bits per heavy atom. The molecule has 0 saturated heterocycles. The van der Waals surface area contributed by atoms with E-state index in [0.717, 1.165) is 12.1 Å². The van der Waals surface area contributed by atoms with E-state index in [4.69, 9.17) is 5.73 Å². The van der Waals surface area contributed by atoms with E-state index >= 15 is 0 Å². The molecule has 2 aromatic rings. The van der Waals surface area contributed by atoms with Crippen molar-refractivity contribution in [1.29, 1.82) is 0 Å². The first-order valence-corrected chi connectivity index (χ1v) is 3.88. The van der Waals surface area contributed by atoms with Gasteiger partial charge in [0.05, 0.1) is 5.52 Å². The SMILES string of the molecule is NCc1cc2c(F)ccc(F)c2[nH]1. The summed E-state index contributed by atoms with van der Waals surface area (Å²) in [7, 11) is 0. The summed E-state index contributed by atoms with van der Waals surface area (Å²) < 4.78 is 26.2. The minimum atomic E-state index is -0.462. The van der Waals surface area contributed by atoms with Crippen LogP contribution in [0.25, 0.3) is 10.9 Å². The van der Waals surface area contributed by atoms with Gasteiger partial charge in [-0.05, 0) is 18.2 Å². The molecule has 3 N–H and O–H groups in total. The van der Waals surface area contributed by atoms with Crippen molar-refractivity contribution in [3.05, 3.63) is 35.5 Å². The van der Waals surface area contributed by atoms with Gasteiger partial charge in [-0.1, -0.05) is 0 Å². The summed E-state index contributed by atoms with van der Waals surface area (Å²) in [6, 6.07) is 3.72. The summed E-state index contributed by atoms with van der Waals surface area (Å²) >= 11 is 0. The molecule has 0 radical (unpaired) electrons. The second kappa shape index (κ2) is 2.81. The average Bonchev–Trinajstić information content (AvgIpc) is 2.56. The van der Waals surface area contributed by atoms with Gasteiger partial charge in [-0.3, -0.25) is 0 Å². The van der Waals surface area contributed by atoms with Crippen molar-refractivity contribution in [3.8, 4) is 0 Å². The van der Waals surface area contributed by atoms with Gasteiger partial charge in [0.2, 0.25) is 0 Å². The second-order valence-electron chi connectivity index (χ2n) is 2.82. The number of aromatic amines is 1. The van der Waals surface area contributed by atoms with Crippen LogP contribution in [0.15, 0.2) is 18.2 Å². The number of benzene rings is 1. The zero-order valence-corrected chi connectivity index (χ0v) is 6.77. The number of rotatable bonds is 1. The smallest absolute Gasteiger partial charge is 0.147 e. The molecule has 0 saturated carbocycles. The minimum absolute atomic E-state index is 0.181. The summed E-state index contributed by atoms with van der Waals surface area (Å²) in [4.78, 5) is 2.71. The summed E-state index contributed by atoms with van der Waals surface area (Å²) in [6.07, 6.45) is 0. The lowest BCUT2D eigenvalue weighted by Crippen LogP contribution is -1.95. The Morgan fingerprint density at radius 1 is 1.23 bits per heavy atom. The maximum atomic E-state index is 13.1. The average molecular weight is 182 g/mol. The van der Waals surface area contributed by atoms with Crippen LogP contribution in [0, 0.1) is 11.6 Å². The number of halogens is 2. The molecule has 0 amide bonds. The molecule has 0 fully saturated rings. The zero-order chi connectivity index (χ0) is 9.42. The van der Waals surface area contributed by atoms with Crippen LogP contribution in [-0.2, 0) is 6.54 Å². The van der Waals surface area contributed by atoms with Gasteiger partial charge < -0.3 is 10.7 Å². The van der Waals surface area contributed by atoms with Gasteiger partial charge in [0.1, 0.15) is 11.6 Å². The molecule has 0 aliphatic rings. The Labute approximate surface area is 73.4 Å². The lowest BCUT2D eigenvalue weighted by molar-refractivity contribution is 0.616. The third-order valence-corrected chi connectivity index (χ3v) is 1.97. The van der Waals surface area contributed by atoms with Crippen LogP contribution < -0.4 is 5.73 Å². The molecule has 0 aliphatic carbocycles. The van der Waals surface area contributed by atoms with E-state index in [-0.39, 0.29) is 17.4 Å². The zero-order valence-electron chi connectivity index (χ0n) is 6.77. The van der Waals surface area contributed by atoms with Crippen LogP contribution in [0.1, 0.15) is 5.69 Å². The van der Waals surface area contributed by atoms with Crippen molar-refractivity contribution in [2.45, 2.75) is 6.54 Å². The summed E-state index contributed by atoms with van der Waals surface area (Å²) in [6.45, 7) is 0.244. The summed E-state index contributed by atoms with van der Waals surface area (Å²) in [5.74, 6) is -0.900. The molecule has 0 spiro atoms. The van der Waals surface area contributed by atoms with E-state index in [1.807, 2.05) is 0 Å². The quantitative estimate of drug-likeness (QED) is 0.694. The Morgan fingerprint density at radius 2 is 1.92 bits per heavy atom. The fourth-order valence-electron chi connectivity index (χ4n) is 1.32. The molecule has 0 unspecified atom stereocenters. The first-order chi connectivity index (χ1) is 6.22. The van der Waals surface area contributed by atoms with Gasteiger partial charge >= 0.3 is 0 Å². The highest BCUT2D eigenvalue weighted by Gasteiger charge is 2.08. The molecule has 1 aromatic heterocycles.